The molecule has 0 aliphatic heterocycles. The predicted molar refractivity (Wildman–Crippen MR) is 155 cm³/mol. The first-order valence-electron chi connectivity index (χ1n) is 14.3. The van der Waals surface area contributed by atoms with Gasteiger partial charge in [-0.15, -0.1) is 0 Å². The Morgan fingerprint density at radius 2 is 1.46 bits per heavy atom. The number of nitrogens with one attached hydrogen (secondary N) is 3. The van der Waals surface area contributed by atoms with E-state index in [4.69, 9.17) is 19.9 Å². The van der Waals surface area contributed by atoms with Gasteiger partial charge in [0.25, 0.3) is 0 Å². The summed E-state index contributed by atoms with van der Waals surface area (Å²) >= 11 is 0. The summed E-state index contributed by atoms with van der Waals surface area (Å²) in [6.45, 7) is 16.4. The summed E-state index contributed by atoms with van der Waals surface area (Å²) in [7, 11) is 3.21. The Hall–Kier alpha value is -1.59. The van der Waals surface area contributed by atoms with Crippen LogP contribution in [0.1, 0.15) is 100 Å². The number of hydrogen-bond acceptors (Lipinski definition) is 8. The van der Waals surface area contributed by atoms with Gasteiger partial charge in [-0.25, -0.2) is 0 Å². The molecule has 5 N–H and O–H groups in total. The highest BCUT2D eigenvalue weighted by Crippen LogP contribution is 2.20. The molecule has 0 saturated carbocycles. The van der Waals surface area contributed by atoms with Gasteiger partial charge in [-0.1, -0.05) is 27.2 Å². The van der Waals surface area contributed by atoms with Gasteiger partial charge in [0.15, 0.2) is 5.78 Å². The highest BCUT2D eigenvalue weighted by atomic mass is 16.5. The van der Waals surface area contributed by atoms with Crippen LogP contribution in [0.15, 0.2) is 0 Å². The number of carbonyl (C=O) groups is 3. The van der Waals surface area contributed by atoms with E-state index in [1.165, 1.54) is 0 Å². The molecule has 0 heterocycles. The molecule has 10 nitrogen and oxygen atoms in total. The largest absolute Gasteiger partial charge is 0.379 e. The third-order valence-electron chi connectivity index (χ3n) is 6.61. The Labute approximate surface area is 237 Å². The lowest BCUT2D eigenvalue weighted by atomic mass is 9.84. The first-order valence-corrected chi connectivity index (χ1v) is 14.3. The predicted octanol–water partition coefficient (Wildman–Crippen LogP) is 3.06. The van der Waals surface area contributed by atoms with E-state index in [-0.39, 0.29) is 30.1 Å². The van der Waals surface area contributed by atoms with Crippen LogP contribution < -0.4 is 21.7 Å². The molecule has 0 rings (SSSR count). The number of ketones is 1. The van der Waals surface area contributed by atoms with E-state index >= 15 is 0 Å². The molecule has 230 valence electrons. The maximum Gasteiger partial charge on any atom is 0.237 e. The van der Waals surface area contributed by atoms with Crippen molar-refractivity contribution in [3.63, 3.8) is 0 Å². The van der Waals surface area contributed by atoms with Crippen molar-refractivity contribution >= 4 is 17.6 Å². The molecule has 2 amide bonds. The van der Waals surface area contributed by atoms with Gasteiger partial charge in [-0.05, 0) is 73.3 Å². The zero-order valence-electron chi connectivity index (χ0n) is 26.3. The monoisotopic (exact) mass is 558 g/mol. The van der Waals surface area contributed by atoms with Crippen LogP contribution in [-0.2, 0) is 28.6 Å². The lowest BCUT2D eigenvalue weighted by molar-refractivity contribution is -0.134. The average molecular weight is 559 g/mol. The Kier molecular flexibility index (Phi) is 17.2. The van der Waals surface area contributed by atoms with Crippen LogP contribution in [0.25, 0.3) is 0 Å². The van der Waals surface area contributed by atoms with Gasteiger partial charge < -0.3 is 30.6 Å². The molecule has 0 aromatic rings. The van der Waals surface area contributed by atoms with E-state index in [0.717, 1.165) is 12.8 Å². The minimum Gasteiger partial charge on any atom is -0.379 e. The molecule has 0 spiro atoms. The summed E-state index contributed by atoms with van der Waals surface area (Å²) in [6.07, 6.45) is 4.23. The topological polar surface area (TPSA) is 141 Å². The zero-order chi connectivity index (χ0) is 30.3. The van der Waals surface area contributed by atoms with Crippen LogP contribution in [0.4, 0.5) is 0 Å². The first kappa shape index (κ1) is 37.4. The third kappa shape index (κ3) is 17.0. The van der Waals surface area contributed by atoms with Crippen molar-refractivity contribution < 1.29 is 28.6 Å². The summed E-state index contributed by atoms with van der Waals surface area (Å²) < 4.78 is 16.5. The molecule has 0 aromatic carbocycles. The Morgan fingerprint density at radius 1 is 0.872 bits per heavy atom. The smallest absolute Gasteiger partial charge is 0.237 e. The fourth-order valence-electron chi connectivity index (χ4n) is 3.92. The Bertz CT molecular complexity index is 736. The molecule has 0 aromatic heterocycles. The van der Waals surface area contributed by atoms with Gasteiger partial charge >= 0.3 is 0 Å². The van der Waals surface area contributed by atoms with E-state index in [0.29, 0.717) is 45.4 Å². The summed E-state index contributed by atoms with van der Waals surface area (Å²) in [6, 6.07) is -1.13. The van der Waals surface area contributed by atoms with Gasteiger partial charge in [-0.2, -0.15) is 0 Å². The molecule has 0 bridgehead atoms. The van der Waals surface area contributed by atoms with Gasteiger partial charge in [0, 0.05) is 26.2 Å². The summed E-state index contributed by atoms with van der Waals surface area (Å²) in [5.74, 6) is -0.332. The average Bonchev–Trinajstić information content (AvgIpc) is 2.84. The molecule has 10 heteroatoms. The van der Waals surface area contributed by atoms with Crippen molar-refractivity contribution in [2.75, 3.05) is 33.9 Å². The number of ether oxygens (including phenoxy) is 3. The second-order valence-electron chi connectivity index (χ2n) is 12.5. The van der Waals surface area contributed by atoms with Crippen molar-refractivity contribution in [3.05, 3.63) is 0 Å². The SMILES string of the molecule is COC(C)COC(C)(C)CC(=O)NCCCC[C@H](NC(=O)[C@H](CCCCN)NC(C)(C)OC)C(=O)C(C)(C)C. The second-order valence-corrected chi connectivity index (χ2v) is 12.5. The number of hydrogen-bond donors (Lipinski definition) is 4. The zero-order valence-corrected chi connectivity index (χ0v) is 26.3. The normalized spacial score (nSPS) is 14.9. The van der Waals surface area contributed by atoms with E-state index in [1.54, 1.807) is 14.2 Å². The van der Waals surface area contributed by atoms with Gasteiger partial charge in [0.1, 0.15) is 5.72 Å². The van der Waals surface area contributed by atoms with Crippen molar-refractivity contribution in [1.29, 1.82) is 0 Å². The van der Waals surface area contributed by atoms with E-state index < -0.39 is 28.8 Å². The standard InChI is InChI=1S/C29H58N4O6/c1-21(37-9)20-39-28(5,6)19-24(34)31-18-14-12-15-22(25(35)27(2,3)4)32-26(36)23(16-11-13-17-30)33-29(7,8)38-10/h21-23,33H,11-20,30H2,1-10H3,(H,31,34)(H,32,36)/t21?,22-,23-/m0/s1. The summed E-state index contributed by atoms with van der Waals surface area (Å²) in [4.78, 5) is 38.9. The fraction of sp³-hybridized carbons (Fsp3) is 0.897. The summed E-state index contributed by atoms with van der Waals surface area (Å²) in [5, 5.41) is 9.20. The maximum absolute atomic E-state index is 13.3. The number of nitrogens with two attached hydrogens (primary N) is 1. The van der Waals surface area contributed by atoms with Gasteiger partial charge in [0.2, 0.25) is 11.8 Å². The Morgan fingerprint density at radius 3 is 2.00 bits per heavy atom. The van der Waals surface area contributed by atoms with Crippen molar-refractivity contribution in [2.45, 2.75) is 130 Å². The minimum atomic E-state index is -0.700. The number of Topliss-reactive ketones (excluding diaryl/α,β-unsaturated/α-hetero) is 1. The minimum absolute atomic E-state index is 0.0178. The molecule has 0 radical (unpaired) electrons. The third-order valence-corrected chi connectivity index (χ3v) is 6.61. The highest BCUT2D eigenvalue weighted by molar-refractivity contribution is 5.93. The quantitative estimate of drug-likeness (QED) is 0.124. The first-order chi connectivity index (χ1) is 18.0. The number of carbonyl (C=O) groups excluding carboxylic acids is 3. The number of methoxy groups -OCH3 is 2. The molecular weight excluding hydrogens is 500 g/mol. The summed E-state index contributed by atoms with van der Waals surface area (Å²) in [5.41, 5.74) is 3.74. The van der Waals surface area contributed by atoms with Crippen LogP contribution in [0, 0.1) is 5.41 Å². The molecule has 0 aliphatic rings. The highest BCUT2D eigenvalue weighted by Gasteiger charge is 2.33. The van der Waals surface area contributed by atoms with Crippen LogP contribution in [0.5, 0.6) is 0 Å². The molecule has 0 saturated heterocycles. The molecule has 0 fully saturated rings. The van der Waals surface area contributed by atoms with Crippen molar-refractivity contribution in [3.8, 4) is 0 Å². The Balaban J connectivity index is 5.02. The number of unbranched alkanes of at least 4 members (excludes halogenated alkanes) is 2. The van der Waals surface area contributed by atoms with Crippen LogP contribution in [-0.4, -0.2) is 81.0 Å². The van der Waals surface area contributed by atoms with E-state index in [1.807, 2.05) is 55.4 Å². The molecule has 3 atom stereocenters. The molecule has 39 heavy (non-hydrogen) atoms. The molecular formula is C29H58N4O6. The fourth-order valence-corrected chi connectivity index (χ4v) is 3.92. The lowest BCUT2D eigenvalue weighted by Gasteiger charge is -2.32. The van der Waals surface area contributed by atoms with Crippen molar-refractivity contribution in [1.82, 2.24) is 16.0 Å². The number of rotatable bonds is 21. The van der Waals surface area contributed by atoms with Crippen LogP contribution in [0.2, 0.25) is 0 Å². The van der Waals surface area contributed by atoms with Gasteiger partial charge in [0.05, 0.1) is 36.8 Å². The molecule has 0 aliphatic carbocycles. The maximum atomic E-state index is 13.3. The van der Waals surface area contributed by atoms with Crippen LogP contribution in [0.3, 0.4) is 0 Å². The van der Waals surface area contributed by atoms with Crippen LogP contribution >= 0.6 is 0 Å². The second kappa shape index (κ2) is 18.0. The van der Waals surface area contributed by atoms with E-state index in [2.05, 4.69) is 16.0 Å². The lowest BCUT2D eigenvalue weighted by Crippen LogP contribution is -2.57. The number of amides is 2. The van der Waals surface area contributed by atoms with E-state index in [9.17, 15) is 14.4 Å². The van der Waals surface area contributed by atoms with Crippen molar-refractivity contribution in [2.24, 2.45) is 11.1 Å². The van der Waals surface area contributed by atoms with Gasteiger partial charge in [-0.3, -0.25) is 19.7 Å². The molecule has 1 unspecified atom stereocenters.